The molecule has 0 aliphatic carbocycles. The Kier molecular flexibility index (Phi) is 6.86. The fraction of sp³-hybridized carbons (Fsp3) is 0. The minimum absolute atomic E-state index is 0.658. The lowest BCUT2D eigenvalue weighted by molar-refractivity contribution is 0.667. The maximum Gasteiger partial charge on any atom is 0.180 e. The van der Waals surface area contributed by atoms with Crippen molar-refractivity contribution in [1.82, 2.24) is 14.5 Å². The van der Waals surface area contributed by atoms with E-state index in [0.717, 1.165) is 77.6 Å². The first-order chi connectivity index (χ1) is 28.2. The summed E-state index contributed by atoms with van der Waals surface area (Å²) in [5, 5.41) is 5.42. The molecule has 0 saturated heterocycles. The molecule has 0 fully saturated rings. The number of hydrogen-bond donors (Lipinski definition) is 0. The molecule has 0 spiro atoms. The van der Waals surface area contributed by atoms with Gasteiger partial charge in [-0.05, 0) is 94.0 Å². The molecule has 5 nitrogen and oxygen atoms in total. The molecule has 0 saturated carbocycles. The number of para-hydroxylation sites is 2. The van der Waals surface area contributed by atoms with Crippen molar-refractivity contribution in [3.8, 4) is 50.3 Å². The second-order valence-electron chi connectivity index (χ2n) is 14.6. The summed E-state index contributed by atoms with van der Waals surface area (Å²) in [6.07, 6.45) is 1.64. The van der Waals surface area contributed by atoms with Gasteiger partial charge in [0, 0.05) is 38.2 Å². The molecule has 0 aliphatic rings. The van der Waals surface area contributed by atoms with Crippen molar-refractivity contribution in [3.63, 3.8) is 0 Å². The lowest BCUT2D eigenvalue weighted by atomic mass is 9.99. The molecular formula is C52H31N3O2. The van der Waals surface area contributed by atoms with Gasteiger partial charge in [0.05, 0.1) is 11.0 Å². The third-order valence-corrected chi connectivity index (χ3v) is 11.3. The molecule has 0 bridgehead atoms. The Morgan fingerprint density at radius 3 is 1.89 bits per heavy atom. The second-order valence-corrected chi connectivity index (χ2v) is 14.6. The largest absolute Gasteiger partial charge is 0.456 e. The number of aromatic nitrogens is 3. The molecule has 0 amide bonds. The molecule has 57 heavy (non-hydrogen) atoms. The molecule has 12 rings (SSSR count). The molecule has 266 valence electrons. The zero-order valence-corrected chi connectivity index (χ0v) is 30.6. The van der Waals surface area contributed by atoms with Gasteiger partial charge in [-0.1, -0.05) is 121 Å². The molecule has 5 heteroatoms. The lowest BCUT2D eigenvalue weighted by Crippen LogP contribution is -1.92. The fourth-order valence-electron chi connectivity index (χ4n) is 8.64. The molecule has 0 atom stereocenters. The molecule has 12 aromatic rings. The molecule has 0 radical (unpaired) electrons. The van der Waals surface area contributed by atoms with Crippen LogP contribution < -0.4 is 0 Å². The number of furan rings is 2. The van der Waals surface area contributed by atoms with E-state index < -0.39 is 0 Å². The van der Waals surface area contributed by atoms with Crippen LogP contribution in [0.4, 0.5) is 0 Å². The average molecular weight is 730 g/mol. The standard InChI is InChI=1S/C52H31N3O2/c1-3-10-32(11-4-1)33-18-20-34(21-19-33)35-24-27-46-43(29-35)51-52(57-46)50(53-31-54-51)41-15-9-17-47-49(41)40-25-22-37(30-48(40)56-47)36-23-26-45-42(28-36)39-14-7-8-16-44(39)55(45)38-12-5-2-6-13-38/h1-31H. The number of fused-ring (bicyclic) bond motifs is 9. The van der Waals surface area contributed by atoms with E-state index >= 15 is 0 Å². The SMILES string of the molecule is c1ccc(-c2ccc(-c3ccc4oc5c(-c6cccc7oc8cc(-c9ccc%10c(c9)c9ccccc9n%10-c9ccccc9)ccc8c67)ncnc5c4c3)cc2)cc1. The van der Waals surface area contributed by atoms with Crippen LogP contribution in [0.1, 0.15) is 0 Å². The van der Waals surface area contributed by atoms with Crippen LogP contribution in [0.5, 0.6) is 0 Å². The zero-order valence-electron chi connectivity index (χ0n) is 30.6. The number of nitrogens with zero attached hydrogens (tertiary/aromatic N) is 3. The minimum atomic E-state index is 0.658. The van der Waals surface area contributed by atoms with E-state index in [4.69, 9.17) is 18.8 Å². The van der Waals surface area contributed by atoms with Crippen molar-refractivity contribution in [2.45, 2.75) is 0 Å². The topological polar surface area (TPSA) is 57.0 Å². The molecule has 0 aliphatic heterocycles. The van der Waals surface area contributed by atoms with E-state index in [1.165, 1.54) is 32.9 Å². The summed E-state index contributed by atoms with van der Waals surface area (Å²) >= 11 is 0. The first-order valence-corrected chi connectivity index (χ1v) is 19.1. The number of benzene rings is 8. The summed E-state index contributed by atoms with van der Waals surface area (Å²) in [5.41, 5.74) is 15.9. The predicted octanol–water partition coefficient (Wildman–Crippen LogP) is 14.0. The van der Waals surface area contributed by atoms with Gasteiger partial charge in [0.15, 0.2) is 5.58 Å². The van der Waals surface area contributed by atoms with Gasteiger partial charge < -0.3 is 13.4 Å². The van der Waals surface area contributed by atoms with Crippen molar-refractivity contribution in [1.29, 1.82) is 0 Å². The van der Waals surface area contributed by atoms with Crippen LogP contribution in [-0.4, -0.2) is 14.5 Å². The van der Waals surface area contributed by atoms with Gasteiger partial charge in [0.25, 0.3) is 0 Å². The molecule has 0 N–H and O–H groups in total. The van der Waals surface area contributed by atoms with Crippen molar-refractivity contribution in [2.24, 2.45) is 0 Å². The van der Waals surface area contributed by atoms with E-state index in [-0.39, 0.29) is 0 Å². The Bertz CT molecular complexity index is 3500. The minimum Gasteiger partial charge on any atom is -0.456 e. The van der Waals surface area contributed by atoms with Crippen molar-refractivity contribution >= 4 is 65.8 Å². The van der Waals surface area contributed by atoms with Crippen molar-refractivity contribution in [3.05, 3.63) is 188 Å². The third kappa shape index (κ3) is 4.96. The van der Waals surface area contributed by atoms with Crippen molar-refractivity contribution < 1.29 is 8.83 Å². The highest BCUT2D eigenvalue weighted by molar-refractivity contribution is 6.17. The Morgan fingerprint density at radius 2 is 1.04 bits per heavy atom. The Balaban J connectivity index is 0.947. The van der Waals surface area contributed by atoms with E-state index in [0.29, 0.717) is 5.58 Å². The highest BCUT2D eigenvalue weighted by Crippen LogP contribution is 2.42. The quantitative estimate of drug-likeness (QED) is 0.177. The van der Waals surface area contributed by atoms with Gasteiger partial charge >= 0.3 is 0 Å². The van der Waals surface area contributed by atoms with Gasteiger partial charge in [-0.25, -0.2) is 9.97 Å². The lowest BCUT2D eigenvalue weighted by Gasteiger charge is -2.08. The van der Waals surface area contributed by atoms with Crippen LogP contribution in [0.3, 0.4) is 0 Å². The monoisotopic (exact) mass is 729 g/mol. The van der Waals surface area contributed by atoms with Crippen LogP contribution >= 0.6 is 0 Å². The normalized spacial score (nSPS) is 11.9. The van der Waals surface area contributed by atoms with Gasteiger partial charge in [-0.2, -0.15) is 0 Å². The molecule has 4 heterocycles. The first-order valence-electron chi connectivity index (χ1n) is 19.1. The van der Waals surface area contributed by atoms with E-state index in [2.05, 4.69) is 162 Å². The summed E-state index contributed by atoms with van der Waals surface area (Å²) in [4.78, 5) is 9.57. The summed E-state index contributed by atoms with van der Waals surface area (Å²) in [6.45, 7) is 0. The average Bonchev–Trinajstić information content (AvgIpc) is 3.96. The summed E-state index contributed by atoms with van der Waals surface area (Å²) in [7, 11) is 0. The fourth-order valence-corrected chi connectivity index (χ4v) is 8.64. The van der Waals surface area contributed by atoms with E-state index in [1.54, 1.807) is 6.33 Å². The highest BCUT2D eigenvalue weighted by atomic mass is 16.3. The maximum absolute atomic E-state index is 6.59. The van der Waals surface area contributed by atoms with Gasteiger partial charge in [-0.3, -0.25) is 0 Å². The van der Waals surface area contributed by atoms with Crippen LogP contribution in [0.2, 0.25) is 0 Å². The molecule has 8 aromatic carbocycles. The van der Waals surface area contributed by atoms with Gasteiger partial charge in [-0.15, -0.1) is 0 Å². The molecule has 0 unspecified atom stereocenters. The van der Waals surface area contributed by atoms with Crippen LogP contribution in [0.25, 0.3) is 116 Å². The van der Waals surface area contributed by atoms with Gasteiger partial charge in [0.1, 0.15) is 34.3 Å². The predicted molar refractivity (Wildman–Crippen MR) is 233 cm³/mol. The molecule has 4 aromatic heterocycles. The third-order valence-electron chi connectivity index (χ3n) is 11.3. The summed E-state index contributed by atoms with van der Waals surface area (Å²) in [5.74, 6) is 0. The number of hydrogen-bond acceptors (Lipinski definition) is 4. The Morgan fingerprint density at radius 1 is 0.386 bits per heavy atom. The van der Waals surface area contributed by atoms with E-state index in [1.807, 2.05) is 24.3 Å². The van der Waals surface area contributed by atoms with Crippen LogP contribution in [-0.2, 0) is 0 Å². The van der Waals surface area contributed by atoms with Crippen LogP contribution in [0.15, 0.2) is 197 Å². The Hall–Kier alpha value is -7.76. The van der Waals surface area contributed by atoms with Crippen LogP contribution in [0, 0.1) is 0 Å². The summed E-state index contributed by atoms with van der Waals surface area (Å²) < 4.78 is 15.5. The zero-order chi connectivity index (χ0) is 37.5. The molecular weight excluding hydrogens is 699 g/mol. The highest BCUT2D eigenvalue weighted by Gasteiger charge is 2.21. The maximum atomic E-state index is 6.59. The summed E-state index contributed by atoms with van der Waals surface area (Å²) in [6, 6.07) is 64.0. The smallest absolute Gasteiger partial charge is 0.180 e. The second kappa shape index (κ2) is 12.4. The first kappa shape index (κ1) is 31.6. The van der Waals surface area contributed by atoms with E-state index in [9.17, 15) is 0 Å². The van der Waals surface area contributed by atoms with Crippen molar-refractivity contribution in [2.75, 3.05) is 0 Å². The van der Waals surface area contributed by atoms with Gasteiger partial charge in [0.2, 0.25) is 0 Å². The number of rotatable bonds is 5. The Labute approximate surface area is 326 Å².